The Morgan fingerprint density at radius 2 is 1.88 bits per heavy atom. The third-order valence-electron chi connectivity index (χ3n) is 2.40. The molecule has 0 aliphatic rings. The lowest BCUT2D eigenvalue weighted by atomic mass is 9.99. The molecule has 0 aliphatic carbocycles. The summed E-state index contributed by atoms with van der Waals surface area (Å²) in [5, 5.41) is 28.5. The number of nitrogens with zero attached hydrogens (tertiary/aromatic N) is 1. The van der Waals surface area contributed by atoms with Crippen molar-refractivity contribution >= 4 is 12.0 Å². The lowest BCUT2D eigenvalue weighted by Crippen LogP contribution is -2.04. The molecule has 0 aliphatic heterocycles. The molecule has 0 bridgehead atoms. The average Bonchev–Trinajstić information content (AvgIpc) is 2.29. The van der Waals surface area contributed by atoms with Crippen LogP contribution in [0.5, 0.6) is 0 Å². The maximum atomic E-state index is 10.9. The summed E-state index contributed by atoms with van der Waals surface area (Å²) in [4.78, 5) is 21.0. The first kappa shape index (κ1) is 13.3. The molecule has 0 saturated heterocycles. The van der Waals surface area contributed by atoms with Crippen LogP contribution in [-0.2, 0) is 12.8 Å². The van der Waals surface area contributed by atoms with E-state index in [1.165, 1.54) is 6.07 Å². The van der Waals surface area contributed by atoms with Crippen molar-refractivity contribution in [2.24, 2.45) is 0 Å². The molecule has 1 aromatic rings. The normalized spacial score (nSPS) is 10.2. The summed E-state index contributed by atoms with van der Waals surface area (Å²) in [6.45, 7) is -0.323. The van der Waals surface area contributed by atoms with Gasteiger partial charge >= 0.3 is 0 Å². The lowest BCUT2D eigenvalue weighted by molar-refractivity contribution is -0.385. The number of nitro groups is 1. The number of rotatable bonds is 6. The van der Waals surface area contributed by atoms with E-state index in [9.17, 15) is 14.9 Å². The van der Waals surface area contributed by atoms with E-state index in [0.717, 1.165) is 0 Å². The van der Waals surface area contributed by atoms with Crippen LogP contribution in [-0.4, -0.2) is 34.6 Å². The van der Waals surface area contributed by atoms with Gasteiger partial charge in [-0.15, -0.1) is 0 Å². The van der Waals surface area contributed by atoms with Gasteiger partial charge in [0.2, 0.25) is 0 Å². The van der Waals surface area contributed by atoms with Gasteiger partial charge in [0.15, 0.2) is 6.29 Å². The number of hydrogen-bond acceptors (Lipinski definition) is 5. The number of benzene rings is 1. The number of carbonyl (C=O) groups is 1. The topological polar surface area (TPSA) is 101 Å². The lowest BCUT2D eigenvalue weighted by Gasteiger charge is -2.07. The molecule has 0 spiro atoms. The Labute approximate surface area is 97.7 Å². The van der Waals surface area contributed by atoms with Crippen molar-refractivity contribution in [3.05, 3.63) is 38.9 Å². The van der Waals surface area contributed by atoms with E-state index in [4.69, 9.17) is 10.2 Å². The molecule has 6 nitrogen and oxygen atoms in total. The second-order valence-corrected chi connectivity index (χ2v) is 3.51. The fourth-order valence-corrected chi connectivity index (χ4v) is 1.65. The molecule has 6 heteroatoms. The minimum absolute atomic E-state index is 0.00857. The fourth-order valence-electron chi connectivity index (χ4n) is 1.65. The molecule has 0 amide bonds. The molecule has 0 aromatic heterocycles. The van der Waals surface area contributed by atoms with Crippen LogP contribution in [0.25, 0.3) is 0 Å². The Balaban J connectivity index is 3.34. The first-order valence-electron chi connectivity index (χ1n) is 5.11. The molecular formula is C11H13NO5. The molecule has 92 valence electrons. The van der Waals surface area contributed by atoms with Gasteiger partial charge in [0.25, 0.3) is 5.69 Å². The van der Waals surface area contributed by atoms with E-state index in [1.54, 1.807) is 6.07 Å². The largest absolute Gasteiger partial charge is 0.396 e. The van der Waals surface area contributed by atoms with Crippen LogP contribution in [0.1, 0.15) is 21.5 Å². The summed E-state index contributed by atoms with van der Waals surface area (Å²) < 4.78 is 0. The van der Waals surface area contributed by atoms with Crippen LogP contribution in [0, 0.1) is 10.1 Å². The number of carbonyl (C=O) groups excluding carboxylic acids is 1. The van der Waals surface area contributed by atoms with Crippen molar-refractivity contribution in [2.45, 2.75) is 12.8 Å². The summed E-state index contributed by atoms with van der Waals surface area (Å²) in [6, 6.07) is 2.88. The first-order valence-corrected chi connectivity index (χ1v) is 5.11. The molecule has 0 fully saturated rings. The third-order valence-corrected chi connectivity index (χ3v) is 2.40. The zero-order valence-electron chi connectivity index (χ0n) is 9.13. The third kappa shape index (κ3) is 3.08. The maximum absolute atomic E-state index is 10.9. The highest BCUT2D eigenvalue weighted by Crippen LogP contribution is 2.24. The molecule has 0 radical (unpaired) electrons. The van der Waals surface area contributed by atoms with Gasteiger partial charge in [0, 0.05) is 19.3 Å². The van der Waals surface area contributed by atoms with Gasteiger partial charge in [0.1, 0.15) is 0 Å². The molecule has 17 heavy (non-hydrogen) atoms. The van der Waals surface area contributed by atoms with E-state index in [-0.39, 0.29) is 37.3 Å². The van der Waals surface area contributed by atoms with Crippen LogP contribution < -0.4 is 0 Å². The van der Waals surface area contributed by atoms with Crippen molar-refractivity contribution in [3.8, 4) is 0 Å². The second kappa shape index (κ2) is 6.07. The predicted molar refractivity (Wildman–Crippen MR) is 60.1 cm³/mol. The highest BCUT2D eigenvalue weighted by molar-refractivity contribution is 5.84. The van der Waals surface area contributed by atoms with E-state index in [1.807, 2.05) is 0 Å². The van der Waals surface area contributed by atoms with Crippen molar-refractivity contribution in [1.29, 1.82) is 0 Å². The zero-order chi connectivity index (χ0) is 12.8. The van der Waals surface area contributed by atoms with E-state index in [2.05, 4.69) is 0 Å². The Morgan fingerprint density at radius 3 is 2.35 bits per heavy atom. The van der Waals surface area contributed by atoms with Gasteiger partial charge in [-0.2, -0.15) is 0 Å². The Bertz CT molecular complexity index is 430. The molecular weight excluding hydrogens is 226 g/mol. The molecule has 0 saturated carbocycles. The SMILES string of the molecule is O=Cc1c(CCO)cc(CCO)cc1[N+](=O)[O-]. The van der Waals surface area contributed by atoms with Gasteiger partial charge < -0.3 is 10.2 Å². The summed E-state index contributed by atoms with van der Waals surface area (Å²) >= 11 is 0. The van der Waals surface area contributed by atoms with Gasteiger partial charge in [-0.25, -0.2) is 0 Å². The fraction of sp³-hybridized carbons (Fsp3) is 0.364. The predicted octanol–water partition coefficient (Wildman–Crippen LogP) is 0.477. The number of aldehydes is 1. The minimum atomic E-state index is -0.633. The first-order chi connectivity index (χ1) is 8.13. The summed E-state index contributed by atoms with van der Waals surface area (Å²) in [6.07, 6.45) is 0.873. The summed E-state index contributed by atoms with van der Waals surface area (Å²) in [7, 11) is 0. The van der Waals surface area contributed by atoms with Crippen LogP contribution in [0.3, 0.4) is 0 Å². The number of hydrogen-bond donors (Lipinski definition) is 2. The quantitative estimate of drug-likeness (QED) is 0.427. The number of aliphatic hydroxyl groups is 2. The minimum Gasteiger partial charge on any atom is -0.396 e. The molecule has 0 unspecified atom stereocenters. The Morgan fingerprint density at radius 1 is 1.24 bits per heavy atom. The van der Waals surface area contributed by atoms with Gasteiger partial charge in [0.05, 0.1) is 10.5 Å². The Hall–Kier alpha value is -1.79. The molecule has 0 atom stereocenters. The second-order valence-electron chi connectivity index (χ2n) is 3.51. The molecule has 2 N–H and O–H groups in total. The van der Waals surface area contributed by atoms with Crippen molar-refractivity contribution < 1.29 is 19.9 Å². The summed E-state index contributed by atoms with van der Waals surface area (Å²) in [5.41, 5.74) is 0.716. The van der Waals surface area contributed by atoms with E-state index in [0.29, 0.717) is 17.4 Å². The monoisotopic (exact) mass is 239 g/mol. The van der Waals surface area contributed by atoms with Crippen molar-refractivity contribution in [1.82, 2.24) is 0 Å². The molecule has 1 aromatic carbocycles. The van der Waals surface area contributed by atoms with E-state index >= 15 is 0 Å². The highest BCUT2D eigenvalue weighted by Gasteiger charge is 2.18. The maximum Gasteiger partial charge on any atom is 0.280 e. The number of nitro benzene ring substituents is 1. The van der Waals surface area contributed by atoms with Gasteiger partial charge in [-0.3, -0.25) is 14.9 Å². The zero-order valence-corrected chi connectivity index (χ0v) is 9.13. The van der Waals surface area contributed by atoms with Crippen LogP contribution in [0.15, 0.2) is 12.1 Å². The van der Waals surface area contributed by atoms with Crippen molar-refractivity contribution in [2.75, 3.05) is 13.2 Å². The number of aliphatic hydroxyl groups excluding tert-OH is 2. The smallest absolute Gasteiger partial charge is 0.280 e. The van der Waals surface area contributed by atoms with Gasteiger partial charge in [-0.1, -0.05) is 6.07 Å². The molecule has 0 heterocycles. The van der Waals surface area contributed by atoms with Crippen molar-refractivity contribution in [3.63, 3.8) is 0 Å². The molecule has 1 rings (SSSR count). The van der Waals surface area contributed by atoms with Crippen LogP contribution in [0.4, 0.5) is 5.69 Å². The van der Waals surface area contributed by atoms with Crippen LogP contribution in [0.2, 0.25) is 0 Å². The highest BCUT2D eigenvalue weighted by atomic mass is 16.6. The average molecular weight is 239 g/mol. The summed E-state index contributed by atoms with van der Waals surface area (Å²) in [5.74, 6) is 0. The van der Waals surface area contributed by atoms with Gasteiger partial charge in [-0.05, 0) is 24.0 Å². The standard InChI is InChI=1S/C11H13NO5/c13-3-1-8-5-9(2-4-14)10(7-15)11(6-8)12(16)17/h5-7,13-14H,1-4H2. The van der Waals surface area contributed by atoms with Crippen LogP contribution >= 0.6 is 0 Å². The van der Waals surface area contributed by atoms with E-state index < -0.39 is 4.92 Å². The Kier molecular flexibility index (Phi) is 4.74.